The van der Waals surface area contributed by atoms with E-state index in [4.69, 9.17) is 16.3 Å². The van der Waals surface area contributed by atoms with Crippen LogP contribution in [0, 0.1) is 11.3 Å². The van der Waals surface area contributed by atoms with E-state index < -0.39 is 17.1 Å². The van der Waals surface area contributed by atoms with E-state index in [0.717, 1.165) is 5.56 Å². The first kappa shape index (κ1) is 22.3. The molecule has 31 heavy (non-hydrogen) atoms. The van der Waals surface area contributed by atoms with E-state index >= 15 is 0 Å². The molecule has 0 atom stereocenters. The highest BCUT2D eigenvalue weighted by Crippen LogP contribution is 2.33. The molecule has 11 heteroatoms. The van der Waals surface area contributed by atoms with Gasteiger partial charge in [-0.25, -0.2) is 0 Å². The van der Waals surface area contributed by atoms with Crippen molar-refractivity contribution in [3.63, 3.8) is 0 Å². The van der Waals surface area contributed by atoms with Gasteiger partial charge < -0.3 is 4.74 Å². The normalized spacial score (nSPS) is 11.6. The van der Waals surface area contributed by atoms with Crippen molar-refractivity contribution in [3.05, 3.63) is 75.3 Å². The SMILES string of the molecule is N#C/C(=C/c1ccc(OCc2ccccc2Cl)cc1)C(=O)Nc1nnc(C(F)(F)F)s1. The van der Waals surface area contributed by atoms with Crippen molar-refractivity contribution in [2.75, 3.05) is 5.32 Å². The zero-order valence-corrected chi connectivity index (χ0v) is 17.1. The number of halogens is 4. The molecule has 2 aromatic carbocycles. The zero-order chi connectivity index (χ0) is 22.4. The summed E-state index contributed by atoms with van der Waals surface area (Å²) in [4.78, 5) is 12.2. The minimum atomic E-state index is -4.66. The summed E-state index contributed by atoms with van der Waals surface area (Å²) in [7, 11) is 0. The number of carbonyl (C=O) groups is 1. The fourth-order valence-corrected chi connectivity index (χ4v) is 3.10. The number of alkyl halides is 3. The van der Waals surface area contributed by atoms with E-state index in [1.54, 1.807) is 36.4 Å². The molecule has 1 aromatic heterocycles. The fraction of sp³-hybridized carbons (Fsp3) is 0.100. The van der Waals surface area contributed by atoms with Gasteiger partial charge in [-0.2, -0.15) is 18.4 Å². The fourth-order valence-electron chi connectivity index (χ4n) is 2.30. The topological polar surface area (TPSA) is 87.9 Å². The minimum absolute atomic E-state index is 0.167. The lowest BCUT2D eigenvalue weighted by atomic mass is 10.1. The number of hydrogen-bond donors (Lipinski definition) is 1. The first-order chi connectivity index (χ1) is 14.8. The number of carbonyl (C=O) groups excluding carboxylic acids is 1. The summed E-state index contributed by atoms with van der Waals surface area (Å²) in [6.45, 7) is 0.266. The van der Waals surface area contributed by atoms with Gasteiger partial charge in [-0.15, -0.1) is 10.2 Å². The molecule has 3 aromatic rings. The van der Waals surface area contributed by atoms with Crippen LogP contribution in [0.4, 0.5) is 18.3 Å². The Labute approximate surface area is 183 Å². The first-order valence-corrected chi connectivity index (χ1v) is 9.76. The third-order valence-electron chi connectivity index (χ3n) is 3.80. The third kappa shape index (κ3) is 6.04. The molecule has 0 spiro atoms. The summed E-state index contributed by atoms with van der Waals surface area (Å²) in [5, 5.41) is 16.6. The quantitative estimate of drug-likeness (QED) is 0.393. The van der Waals surface area contributed by atoms with E-state index in [0.29, 0.717) is 16.3 Å². The highest BCUT2D eigenvalue weighted by atomic mass is 35.5. The second-order valence-corrected chi connectivity index (χ2v) is 7.37. The third-order valence-corrected chi connectivity index (χ3v) is 5.05. The van der Waals surface area contributed by atoms with E-state index in [1.807, 2.05) is 18.2 Å². The second-order valence-electron chi connectivity index (χ2n) is 5.98. The Morgan fingerprint density at radius 1 is 1.19 bits per heavy atom. The van der Waals surface area contributed by atoms with E-state index in [9.17, 15) is 23.2 Å². The molecule has 0 aliphatic carbocycles. The number of ether oxygens (including phenoxy) is 1. The van der Waals surface area contributed by atoms with Crippen molar-refractivity contribution in [3.8, 4) is 11.8 Å². The highest BCUT2D eigenvalue weighted by molar-refractivity contribution is 7.15. The van der Waals surface area contributed by atoms with Crippen LogP contribution >= 0.6 is 22.9 Å². The Morgan fingerprint density at radius 2 is 1.90 bits per heavy atom. The van der Waals surface area contributed by atoms with E-state index in [1.165, 1.54) is 6.08 Å². The molecule has 0 aliphatic heterocycles. The smallest absolute Gasteiger partial charge is 0.445 e. The van der Waals surface area contributed by atoms with Gasteiger partial charge in [-0.05, 0) is 29.8 Å². The second kappa shape index (κ2) is 9.59. The number of nitrogens with zero attached hydrogens (tertiary/aromatic N) is 3. The van der Waals surface area contributed by atoms with Crippen molar-refractivity contribution in [2.45, 2.75) is 12.8 Å². The number of aromatic nitrogens is 2. The van der Waals surface area contributed by atoms with Crippen LogP contribution in [0.15, 0.2) is 54.1 Å². The van der Waals surface area contributed by atoms with E-state index in [-0.39, 0.29) is 28.6 Å². The predicted octanol–water partition coefficient (Wildman–Crippen LogP) is 5.33. The standard InChI is InChI=1S/C20H12ClF3N4O2S/c21-16-4-2-1-3-13(16)11-30-15-7-5-12(6-8-15)9-14(10-25)17(29)26-19-28-27-18(31-19)20(22,23)24/h1-9H,11H2,(H,26,28,29)/b14-9-. The summed E-state index contributed by atoms with van der Waals surface area (Å²) >= 11 is 6.25. The van der Waals surface area contributed by atoms with Crippen molar-refractivity contribution < 1.29 is 22.7 Å². The van der Waals surface area contributed by atoms with Gasteiger partial charge in [0.25, 0.3) is 5.91 Å². The number of anilines is 1. The van der Waals surface area contributed by atoms with Gasteiger partial charge in [-0.1, -0.05) is 53.3 Å². The Balaban J connectivity index is 1.65. The molecule has 1 heterocycles. The Kier molecular flexibility index (Phi) is 6.89. The number of rotatable bonds is 6. The molecule has 3 rings (SSSR count). The number of benzene rings is 2. The molecular weight excluding hydrogens is 453 g/mol. The summed E-state index contributed by atoms with van der Waals surface area (Å²) in [6, 6.07) is 15.5. The number of amides is 1. The molecule has 158 valence electrons. The summed E-state index contributed by atoms with van der Waals surface area (Å²) < 4.78 is 43.4. The van der Waals surface area contributed by atoms with Crippen LogP contribution < -0.4 is 10.1 Å². The van der Waals surface area contributed by atoms with Gasteiger partial charge in [0, 0.05) is 10.6 Å². The lowest BCUT2D eigenvalue weighted by molar-refractivity contribution is -0.138. The van der Waals surface area contributed by atoms with Gasteiger partial charge in [0.2, 0.25) is 10.1 Å². The van der Waals surface area contributed by atoms with Gasteiger partial charge >= 0.3 is 6.18 Å². The van der Waals surface area contributed by atoms with Crippen molar-refractivity contribution in [1.82, 2.24) is 10.2 Å². The van der Waals surface area contributed by atoms with Crippen molar-refractivity contribution in [2.24, 2.45) is 0 Å². The maximum Gasteiger partial charge on any atom is 0.445 e. The molecule has 0 saturated carbocycles. The molecular formula is C20H12ClF3N4O2S. The Morgan fingerprint density at radius 3 is 2.52 bits per heavy atom. The predicted molar refractivity (Wildman–Crippen MR) is 109 cm³/mol. The molecule has 0 saturated heterocycles. The molecule has 0 aliphatic rings. The molecule has 1 N–H and O–H groups in total. The molecule has 1 amide bonds. The minimum Gasteiger partial charge on any atom is -0.489 e. The van der Waals surface area contributed by atoms with E-state index in [2.05, 4.69) is 15.5 Å². The van der Waals surface area contributed by atoms with Gasteiger partial charge in [0.15, 0.2) is 0 Å². The van der Waals surface area contributed by atoms with Crippen molar-refractivity contribution >= 4 is 40.1 Å². The number of hydrogen-bond acceptors (Lipinski definition) is 6. The molecule has 0 bridgehead atoms. The molecule has 6 nitrogen and oxygen atoms in total. The molecule has 0 fully saturated rings. The Bertz CT molecular complexity index is 1150. The van der Waals surface area contributed by atoms with Gasteiger partial charge in [0.1, 0.15) is 24.0 Å². The van der Waals surface area contributed by atoms with Crippen LogP contribution in [0.2, 0.25) is 5.02 Å². The summed E-state index contributed by atoms with van der Waals surface area (Å²) in [6.07, 6.45) is -3.37. The van der Waals surface area contributed by atoms with Crippen LogP contribution in [0.1, 0.15) is 16.1 Å². The number of nitriles is 1. The molecule has 0 unspecified atom stereocenters. The average Bonchev–Trinajstić information content (AvgIpc) is 3.21. The Hall–Kier alpha value is -3.42. The zero-order valence-electron chi connectivity index (χ0n) is 15.5. The summed E-state index contributed by atoms with van der Waals surface area (Å²) in [5.41, 5.74) is 1.03. The van der Waals surface area contributed by atoms with Gasteiger partial charge in [-0.3, -0.25) is 10.1 Å². The highest BCUT2D eigenvalue weighted by Gasteiger charge is 2.35. The van der Waals surface area contributed by atoms with Crippen LogP contribution in [-0.4, -0.2) is 16.1 Å². The van der Waals surface area contributed by atoms with Gasteiger partial charge in [0.05, 0.1) is 0 Å². The maximum absolute atomic E-state index is 12.6. The summed E-state index contributed by atoms with van der Waals surface area (Å²) in [5.74, 6) is -0.347. The maximum atomic E-state index is 12.6. The average molecular weight is 465 g/mol. The number of nitrogens with one attached hydrogen (secondary N) is 1. The lowest BCUT2D eigenvalue weighted by Crippen LogP contribution is -2.13. The first-order valence-electron chi connectivity index (χ1n) is 8.56. The van der Waals surface area contributed by atoms with Crippen LogP contribution in [-0.2, 0) is 17.6 Å². The largest absolute Gasteiger partial charge is 0.489 e. The van der Waals surface area contributed by atoms with Crippen LogP contribution in [0.5, 0.6) is 5.75 Å². The van der Waals surface area contributed by atoms with Crippen molar-refractivity contribution in [1.29, 1.82) is 5.26 Å². The lowest BCUT2D eigenvalue weighted by Gasteiger charge is -2.08. The van der Waals surface area contributed by atoms with Crippen LogP contribution in [0.25, 0.3) is 6.08 Å². The monoisotopic (exact) mass is 464 g/mol. The van der Waals surface area contributed by atoms with Crippen LogP contribution in [0.3, 0.4) is 0 Å². The molecule has 0 radical (unpaired) electrons.